The van der Waals surface area contributed by atoms with Crippen molar-refractivity contribution in [1.82, 2.24) is 20.3 Å². The maximum atomic E-state index is 4.17. The lowest BCUT2D eigenvalue weighted by atomic mass is 10.1. The molecule has 2 rings (SSSR count). The Morgan fingerprint density at radius 2 is 1.89 bits per heavy atom. The molecule has 0 spiro atoms. The Balaban J connectivity index is 2.08. The Bertz CT molecular complexity index is 511. The van der Waals surface area contributed by atoms with Crippen molar-refractivity contribution in [3.8, 4) is 5.69 Å². The standard InChI is InChI=1S/C13H17IN4/c1-13(2,3)15-8-11-9-18(17-16-11)12-6-4-10(14)5-7-12/h4-7,9,15H,8H2,1-3H3. The quantitative estimate of drug-likeness (QED) is 0.860. The van der Waals surface area contributed by atoms with Crippen molar-refractivity contribution in [3.05, 3.63) is 39.7 Å². The van der Waals surface area contributed by atoms with Gasteiger partial charge in [-0.2, -0.15) is 0 Å². The minimum Gasteiger partial charge on any atom is -0.306 e. The van der Waals surface area contributed by atoms with Crippen molar-refractivity contribution in [1.29, 1.82) is 0 Å². The predicted molar refractivity (Wildman–Crippen MR) is 80.7 cm³/mol. The van der Waals surface area contributed by atoms with Gasteiger partial charge in [-0.15, -0.1) is 5.10 Å². The molecule has 1 heterocycles. The fourth-order valence-corrected chi connectivity index (χ4v) is 1.81. The van der Waals surface area contributed by atoms with Gasteiger partial charge in [0.25, 0.3) is 0 Å². The van der Waals surface area contributed by atoms with Crippen LogP contribution in [0.15, 0.2) is 30.5 Å². The van der Waals surface area contributed by atoms with Gasteiger partial charge >= 0.3 is 0 Å². The van der Waals surface area contributed by atoms with Crippen LogP contribution in [0.4, 0.5) is 0 Å². The van der Waals surface area contributed by atoms with Gasteiger partial charge in [0.15, 0.2) is 0 Å². The first-order valence-corrected chi connectivity index (χ1v) is 6.94. The van der Waals surface area contributed by atoms with Crippen LogP contribution in [0, 0.1) is 3.57 Å². The fourth-order valence-electron chi connectivity index (χ4n) is 1.46. The van der Waals surface area contributed by atoms with E-state index >= 15 is 0 Å². The maximum absolute atomic E-state index is 4.17. The molecule has 0 aliphatic rings. The first kappa shape index (κ1) is 13.5. The molecular weight excluding hydrogens is 339 g/mol. The molecule has 0 aliphatic carbocycles. The second kappa shape index (κ2) is 5.36. The van der Waals surface area contributed by atoms with Gasteiger partial charge in [-0.25, -0.2) is 4.68 Å². The van der Waals surface area contributed by atoms with E-state index in [4.69, 9.17) is 0 Å². The van der Waals surface area contributed by atoms with Gasteiger partial charge < -0.3 is 5.32 Å². The number of halogens is 1. The lowest BCUT2D eigenvalue weighted by Gasteiger charge is -2.19. The summed E-state index contributed by atoms with van der Waals surface area (Å²) in [5.41, 5.74) is 2.07. The van der Waals surface area contributed by atoms with Crippen LogP contribution in [-0.2, 0) is 6.54 Å². The van der Waals surface area contributed by atoms with Crippen LogP contribution in [0.1, 0.15) is 26.5 Å². The number of hydrogen-bond acceptors (Lipinski definition) is 3. The average molecular weight is 356 g/mol. The van der Waals surface area contributed by atoms with Crippen molar-refractivity contribution in [3.63, 3.8) is 0 Å². The van der Waals surface area contributed by atoms with Gasteiger partial charge in [0, 0.05) is 15.7 Å². The second-order valence-corrected chi connectivity index (χ2v) is 6.48. The third-order valence-corrected chi connectivity index (χ3v) is 3.15. The number of nitrogens with one attached hydrogen (secondary N) is 1. The van der Waals surface area contributed by atoms with Crippen LogP contribution < -0.4 is 5.32 Å². The third kappa shape index (κ3) is 3.78. The molecule has 0 amide bonds. The summed E-state index contributed by atoms with van der Waals surface area (Å²) in [7, 11) is 0. The zero-order valence-electron chi connectivity index (χ0n) is 10.8. The minimum absolute atomic E-state index is 0.0899. The summed E-state index contributed by atoms with van der Waals surface area (Å²) in [6, 6.07) is 8.20. The monoisotopic (exact) mass is 356 g/mol. The highest BCUT2D eigenvalue weighted by Gasteiger charge is 2.10. The molecule has 0 radical (unpaired) electrons. The van der Waals surface area contributed by atoms with Crippen LogP contribution in [0.25, 0.3) is 5.69 Å². The van der Waals surface area contributed by atoms with E-state index in [0.29, 0.717) is 0 Å². The third-order valence-electron chi connectivity index (χ3n) is 2.43. The highest BCUT2D eigenvalue weighted by atomic mass is 127. The molecule has 0 saturated heterocycles. The van der Waals surface area contributed by atoms with Crippen LogP contribution in [0.5, 0.6) is 0 Å². The molecule has 0 aliphatic heterocycles. The summed E-state index contributed by atoms with van der Waals surface area (Å²) < 4.78 is 3.02. The Morgan fingerprint density at radius 1 is 1.22 bits per heavy atom. The number of nitrogens with zero attached hydrogens (tertiary/aromatic N) is 3. The van der Waals surface area contributed by atoms with Crippen LogP contribution in [0.2, 0.25) is 0 Å². The first-order chi connectivity index (χ1) is 8.44. The van der Waals surface area contributed by atoms with Gasteiger partial charge in [0.2, 0.25) is 0 Å². The number of aromatic nitrogens is 3. The van der Waals surface area contributed by atoms with Crippen molar-refractivity contribution in [2.24, 2.45) is 0 Å². The smallest absolute Gasteiger partial charge is 0.0969 e. The maximum Gasteiger partial charge on any atom is 0.0969 e. The normalized spacial score (nSPS) is 11.8. The molecule has 2 aromatic rings. The van der Waals surface area contributed by atoms with Crippen LogP contribution >= 0.6 is 22.6 Å². The van der Waals surface area contributed by atoms with E-state index in [1.54, 1.807) is 4.68 Å². The van der Waals surface area contributed by atoms with E-state index in [2.05, 4.69) is 71.1 Å². The van der Waals surface area contributed by atoms with Gasteiger partial charge in [-0.3, -0.25) is 0 Å². The summed E-state index contributed by atoms with van der Waals surface area (Å²) in [6.07, 6.45) is 1.96. The van der Waals surface area contributed by atoms with Gasteiger partial charge in [0.1, 0.15) is 0 Å². The summed E-state index contributed by atoms with van der Waals surface area (Å²) in [6.45, 7) is 7.14. The molecule has 0 bridgehead atoms. The Kier molecular flexibility index (Phi) is 4.01. The molecule has 1 N–H and O–H groups in total. The highest BCUT2D eigenvalue weighted by Crippen LogP contribution is 2.11. The Morgan fingerprint density at radius 3 is 2.50 bits per heavy atom. The van der Waals surface area contributed by atoms with Crippen molar-refractivity contribution in [2.45, 2.75) is 32.9 Å². The lowest BCUT2D eigenvalue weighted by molar-refractivity contribution is 0.421. The lowest BCUT2D eigenvalue weighted by Crippen LogP contribution is -2.35. The van der Waals surface area contributed by atoms with E-state index in [-0.39, 0.29) is 5.54 Å². The number of hydrogen-bond donors (Lipinski definition) is 1. The molecule has 1 aromatic heterocycles. The SMILES string of the molecule is CC(C)(C)NCc1cn(-c2ccc(I)cc2)nn1. The molecule has 0 saturated carbocycles. The Labute approximate surface area is 121 Å². The second-order valence-electron chi connectivity index (χ2n) is 5.23. The van der Waals surface area contributed by atoms with Crippen LogP contribution in [0.3, 0.4) is 0 Å². The van der Waals surface area contributed by atoms with Crippen molar-refractivity contribution in [2.75, 3.05) is 0 Å². The minimum atomic E-state index is 0.0899. The highest BCUT2D eigenvalue weighted by molar-refractivity contribution is 14.1. The Hall–Kier alpha value is -0.950. The molecule has 96 valence electrons. The van der Waals surface area contributed by atoms with E-state index in [1.807, 2.05) is 18.3 Å². The topological polar surface area (TPSA) is 42.7 Å². The molecule has 1 aromatic carbocycles. The van der Waals surface area contributed by atoms with Crippen molar-refractivity contribution < 1.29 is 0 Å². The van der Waals surface area contributed by atoms with E-state index < -0.39 is 0 Å². The number of benzene rings is 1. The molecule has 0 atom stereocenters. The number of rotatable bonds is 3. The molecule has 5 heteroatoms. The largest absolute Gasteiger partial charge is 0.306 e. The summed E-state index contributed by atoms with van der Waals surface area (Å²) in [5.74, 6) is 0. The van der Waals surface area contributed by atoms with E-state index in [1.165, 1.54) is 3.57 Å². The van der Waals surface area contributed by atoms with Gasteiger partial charge in [0.05, 0.1) is 17.6 Å². The summed E-state index contributed by atoms with van der Waals surface area (Å²) in [4.78, 5) is 0. The fraction of sp³-hybridized carbons (Fsp3) is 0.385. The first-order valence-electron chi connectivity index (χ1n) is 5.86. The molecule has 0 unspecified atom stereocenters. The zero-order chi connectivity index (χ0) is 13.2. The molecular formula is C13H17IN4. The van der Waals surface area contributed by atoms with Gasteiger partial charge in [-0.05, 0) is 67.6 Å². The summed E-state index contributed by atoms with van der Waals surface area (Å²) in [5, 5.41) is 11.7. The van der Waals surface area contributed by atoms with E-state index in [0.717, 1.165) is 17.9 Å². The molecule has 18 heavy (non-hydrogen) atoms. The zero-order valence-corrected chi connectivity index (χ0v) is 13.0. The average Bonchev–Trinajstić information content (AvgIpc) is 2.75. The predicted octanol–water partition coefficient (Wildman–Crippen LogP) is 2.76. The molecule has 4 nitrogen and oxygen atoms in total. The van der Waals surface area contributed by atoms with Crippen LogP contribution in [-0.4, -0.2) is 20.5 Å². The molecule has 0 fully saturated rings. The van der Waals surface area contributed by atoms with Gasteiger partial charge in [-0.1, -0.05) is 5.21 Å². The summed E-state index contributed by atoms with van der Waals surface area (Å²) >= 11 is 2.29. The van der Waals surface area contributed by atoms with Crippen molar-refractivity contribution >= 4 is 22.6 Å². The van der Waals surface area contributed by atoms with E-state index in [9.17, 15) is 0 Å².